The molecule has 3 aromatic carbocycles. The van der Waals surface area contributed by atoms with Gasteiger partial charge in [-0.1, -0.05) is 90.8 Å². The smallest absolute Gasteiger partial charge is 0.243 e. The largest absolute Gasteiger partial charge is 0.350 e. The van der Waals surface area contributed by atoms with E-state index in [0.717, 1.165) is 16.7 Å². The number of nitrogens with one attached hydrogen (secondary N) is 1. The molecule has 0 aliphatic rings. The van der Waals surface area contributed by atoms with Gasteiger partial charge in [-0.2, -0.15) is 0 Å². The third kappa shape index (κ3) is 7.34. The Bertz CT molecular complexity index is 1060. The summed E-state index contributed by atoms with van der Waals surface area (Å²) in [6.45, 7) is 2.58. The number of halogens is 2. The van der Waals surface area contributed by atoms with Crippen LogP contribution < -0.4 is 5.32 Å². The topological polar surface area (TPSA) is 49.4 Å². The molecule has 2 amide bonds. The lowest BCUT2D eigenvalue weighted by atomic mass is 10.0. The van der Waals surface area contributed by atoms with Crippen molar-refractivity contribution < 1.29 is 9.59 Å². The van der Waals surface area contributed by atoms with E-state index in [1.54, 1.807) is 23.1 Å². The number of amides is 2. The van der Waals surface area contributed by atoms with Gasteiger partial charge in [0, 0.05) is 36.0 Å². The first-order chi connectivity index (χ1) is 16.0. The van der Waals surface area contributed by atoms with Gasteiger partial charge in [-0.25, -0.2) is 0 Å². The zero-order valence-corrected chi connectivity index (χ0v) is 20.1. The fraction of sp³-hybridized carbons (Fsp3) is 0.259. The van der Waals surface area contributed by atoms with E-state index in [9.17, 15) is 9.59 Å². The van der Waals surface area contributed by atoms with Gasteiger partial charge >= 0.3 is 0 Å². The molecular formula is C27H28Cl2N2O2. The molecule has 0 saturated heterocycles. The van der Waals surface area contributed by atoms with Crippen LogP contribution in [-0.2, 0) is 29.1 Å². The van der Waals surface area contributed by atoms with Gasteiger partial charge in [0.1, 0.15) is 6.04 Å². The Morgan fingerprint density at radius 2 is 1.55 bits per heavy atom. The van der Waals surface area contributed by atoms with Crippen LogP contribution in [0, 0.1) is 0 Å². The molecule has 0 unspecified atom stereocenters. The minimum absolute atomic E-state index is 0.0544. The van der Waals surface area contributed by atoms with Gasteiger partial charge in [0.2, 0.25) is 11.8 Å². The zero-order valence-electron chi connectivity index (χ0n) is 18.6. The summed E-state index contributed by atoms with van der Waals surface area (Å²) < 4.78 is 0. The SMILES string of the molecule is CCCC(=O)N(Cc1ccc(Cl)cc1)[C@@H](Cc1ccccc1)C(=O)NCc1ccccc1Cl. The summed E-state index contributed by atoms with van der Waals surface area (Å²) >= 11 is 12.3. The average molecular weight is 483 g/mol. The first-order valence-electron chi connectivity index (χ1n) is 11.1. The summed E-state index contributed by atoms with van der Waals surface area (Å²) in [5.74, 6) is -0.265. The van der Waals surface area contributed by atoms with E-state index in [1.165, 1.54) is 0 Å². The van der Waals surface area contributed by atoms with E-state index in [2.05, 4.69) is 5.32 Å². The number of benzene rings is 3. The molecule has 0 heterocycles. The second-order valence-corrected chi connectivity index (χ2v) is 8.76. The summed E-state index contributed by atoms with van der Waals surface area (Å²) in [5, 5.41) is 4.22. The molecule has 0 spiro atoms. The fourth-order valence-corrected chi connectivity index (χ4v) is 3.97. The van der Waals surface area contributed by atoms with Crippen molar-refractivity contribution in [2.24, 2.45) is 0 Å². The van der Waals surface area contributed by atoms with Crippen LogP contribution in [0.5, 0.6) is 0 Å². The molecule has 0 aliphatic heterocycles. The van der Waals surface area contributed by atoms with Gasteiger partial charge in [0.05, 0.1) is 0 Å². The molecule has 0 aromatic heterocycles. The van der Waals surface area contributed by atoms with Gasteiger partial charge in [-0.15, -0.1) is 0 Å². The van der Waals surface area contributed by atoms with E-state index in [-0.39, 0.29) is 11.8 Å². The molecule has 1 N–H and O–H groups in total. The van der Waals surface area contributed by atoms with E-state index in [1.807, 2.05) is 67.6 Å². The van der Waals surface area contributed by atoms with Gasteiger partial charge in [-0.3, -0.25) is 9.59 Å². The Labute approximate surface area is 205 Å². The van der Waals surface area contributed by atoms with Crippen molar-refractivity contribution in [1.82, 2.24) is 10.2 Å². The second-order valence-electron chi connectivity index (χ2n) is 7.91. The van der Waals surface area contributed by atoms with Crippen LogP contribution in [0.15, 0.2) is 78.9 Å². The Morgan fingerprint density at radius 3 is 2.21 bits per heavy atom. The molecule has 0 radical (unpaired) electrons. The summed E-state index contributed by atoms with van der Waals surface area (Å²) in [5.41, 5.74) is 2.73. The van der Waals surface area contributed by atoms with E-state index >= 15 is 0 Å². The minimum atomic E-state index is -0.662. The number of hydrogen-bond donors (Lipinski definition) is 1. The summed E-state index contributed by atoms with van der Waals surface area (Å²) in [4.78, 5) is 28.3. The first kappa shape index (κ1) is 24.8. The maximum absolute atomic E-state index is 13.5. The molecule has 3 rings (SSSR count). The van der Waals surface area contributed by atoms with Gasteiger partial charge in [0.25, 0.3) is 0 Å². The number of hydrogen-bond acceptors (Lipinski definition) is 2. The predicted molar refractivity (Wildman–Crippen MR) is 134 cm³/mol. The van der Waals surface area contributed by atoms with Crippen molar-refractivity contribution in [2.75, 3.05) is 0 Å². The van der Waals surface area contributed by atoms with Crippen LogP contribution in [0.3, 0.4) is 0 Å². The number of carbonyl (C=O) groups excluding carboxylic acids is 2. The highest BCUT2D eigenvalue weighted by molar-refractivity contribution is 6.31. The Hall–Kier alpha value is -2.82. The number of nitrogens with zero attached hydrogens (tertiary/aromatic N) is 1. The molecule has 0 bridgehead atoms. The van der Waals surface area contributed by atoms with Crippen molar-refractivity contribution in [1.29, 1.82) is 0 Å². The molecule has 6 heteroatoms. The van der Waals surface area contributed by atoms with Crippen LogP contribution in [0.25, 0.3) is 0 Å². The van der Waals surface area contributed by atoms with Crippen LogP contribution in [0.4, 0.5) is 0 Å². The van der Waals surface area contributed by atoms with Crippen LogP contribution in [0.2, 0.25) is 10.0 Å². The van der Waals surface area contributed by atoms with E-state index < -0.39 is 6.04 Å². The molecule has 0 saturated carbocycles. The lowest BCUT2D eigenvalue weighted by Crippen LogP contribution is -2.50. The van der Waals surface area contributed by atoms with E-state index in [4.69, 9.17) is 23.2 Å². The number of carbonyl (C=O) groups is 2. The van der Waals surface area contributed by atoms with Crippen molar-refractivity contribution in [2.45, 2.75) is 45.3 Å². The molecule has 0 fully saturated rings. The molecular weight excluding hydrogens is 455 g/mol. The summed E-state index contributed by atoms with van der Waals surface area (Å²) in [6, 6.07) is 23.8. The molecule has 4 nitrogen and oxygen atoms in total. The van der Waals surface area contributed by atoms with Gasteiger partial charge in [0.15, 0.2) is 0 Å². The second kappa shape index (κ2) is 12.4. The van der Waals surface area contributed by atoms with Crippen molar-refractivity contribution in [3.8, 4) is 0 Å². The molecule has 33 heavy (non-hydrogen) atoms. The summed E-state index contributed by atoms with van der Waals surface area (Å²) in [7, 11) is 0. The fourth-order valence-electron chi connectivity index (χ4n) is 3.64. The third-order valence-corrected chi connectivity index (χ3v) is 6.03. The first-order valence-corrected chi connectivity index (χ1v) is 11.8. The molecule has 172 valence electrons. The third-order valence-electron chi connectivity index (χ3n) is 5.41. The highest BCUT2D eigenvalue weighted by atomic mass is 35.5. The van der Waals surface area contributed by atoms with Gasteiger partial charge < -0.3 is 10.2 Å². The Kier molecular flexibility index (Phi) is 9.35. The zero-order chi connectivity index (χ0) is 23.6. The van der Waals surface area contributed by atoms with Crippen LogP contribution in [0.1, 0.15) is 36.5 Å². The van der Waals surface area contributed by atoms with E-state index in [0.29, 0.717) is 42.4 Å². The molecule has 0 aliphatic carbocycles. The molecule has 1 atom stereocenters. The Balaban J connectivity index is 1.88. The standard InChI is InChI=1S/C27H28Cl2N2O2/c1-2-8-26(32)31(19-21-13-15-23(28)16-14-21)25(17-20-9-4-3-5-10-20)27(33)30-18-22-11-6-7-12-24(22)29/h3-7,9-16,25H,2,8,17-19H2,1H3,(H,30,33)/t25-/m0/s1. The van der Waals surface area contributed by atoms with Gasteiger partial charge in [-0.05, 0) is 41.3 Å². The highest BCUT2D eigenvalue weighted by Gasteiger charge is 2.30. The van der Waals surface area contributed by atoms with Crippen LogP contribution >= 0.6 is 23.2 Å². The predicted octanol–water partition coefficient (Wildman–Crippen LogP) is 6.05. The Morgan fingerprint density at radius 1 is 0.879 bits per heavy atom. The quantitative estimate of drug-likeness (QED) is 0.382. The number of rotatable bonds is 10. The van der Waals surface area contributed by atoms with Crippen LogP contribution in [-0.4, -0.2) is 22.8 Å². The molecule has 3 aromatic rings. The minimum Gasteiger partial charge on any atom is -0.350 e. The average Bonchev–Trinajstić information content (AvgIpc) is 2.82. The lowest BCUT2D eigenvalue weighted by molar-refractivity contribution is -0.141. The normalized spacial score (nSPS) is 11.6. The van der Waals surface area contributed by atoms with Crippen molar-refractivity contribution >= 4 is 35.0 Å². The maximum Gasteiger partial charge on any atom is 0.243 e. The summed E-state index contributed by atoms with van der Waals surface area (Å²) in [6.07, 6.45) is 1.49. The lowest BCUT2D eigenvalue weighted by Gasteiger charge is -2.31. The van der Waals surface area contributed by atoms with Crippen molar-refractivity contribution in [3.05, 3.63) is 106 Å². The monoisotopic (exact) mass is 482 g/mol. The highest BCUT2D eigenvalue weighted by Crippen LogP contribution is 2.19. The van der Waals surface area contributed by atoms with Crippen molar-refractivity contribution in [3.63, 3.8) is 0 Å². The maximum atomic E-state index is 13.5.